The number of hydrogen-bond acceptors (Lipinski definition) is 6. The smallest absolute Gasteiger partial charge is 0.287 e. The van der Waals surface area contributed by atoms with Gasteiger partial charge in [0.15, 0.2) is 0 Å². The molecule has 27 heavy (non-hydrogen) atoms. The van der Waals surface area contributed by atoms with E-state index in [1.54, 1.807) is 25.1 Å². The Morgan fingerprint density at radius 1 is 1.07 bits per heavy atom. The lowest BCUT2D eigenvalue weighted by atomic mass is 10.1. The Balaban J connectivity index is 1.93. The molecule has 3 aromatic rings. The van der Waals surface area contributed by atoms with E-state index in [9.17, 15) is 18.5 Å². The first-order valence-corrected chi connectivity index (χ1v) is 9.34. The summed E-state index contributed by atoms with van der Waals surface area (Å²) in [5.41, 5.74) is 8.19. The van der Waals surface area contributed by atoms with E-state index >= 15 is 0 Å². The second-order valence-corrected chi connectivity index (χ2v) is 7.55. The van der Waals surface area contributed by atoms with E-state index < -0.39 is 14.9 Å². The number of benzene rings is 2. The molecule has 0 fully saturated rings. The minimum absolute atomic E-state index is 0.0926. The van der Waals surface area contributed by atoms with Crippen LogP contribution in [0.2, 0.25) is 0 Å². The van der Waals surface area contributed by atoms with Crippen LogP contribution in [0.25, 0.3) is 11.3 Å². The van der Waals surface area contributed by atoms with Crippen molar-refractivity contribution in [1.29, 1.82) is 0 Å². The van der Waals surface area contributed by atoms with Crippen molar-refractivity contribution in [2.24, 2.45) is 0 Å². The lowest BCUT2D eigenvalue weighted by Crippen LogP contribution is -2.13. The summed E-state index contributed by atoms with van der Waals surface area (Å²) in [5.74, 6) is 0. The molecule has 0 bridgehead atoms. The van der Waals surface area contributed by atoms with Gasteiger partial charge in [0, 0.05) is 17.3 Å². The van der Waals surface area contributed by atoms with Crippen LogP contribution in [0.4, 0.5) is 17.1 Å². The number of aryl methyl sites for hydroxylation is 1. The van der Waals surface area contributed by atoms with Gasteiger partial charge in [-0.25, -0.2) is 13.4 Å². The monoisotopic (exact) mass is 384 g/mol. The minimum Gasteiger partial charge on any atom is -0.399 e. The van der Waals surface area contributed by atoms with Gasteiger partial charge in [0.05, 0.1) is 21.2 Å². The first kappa shape index (κ1) is 18.3. The Morgan fingerprint density at radius 2 is 1.78 bits per heavy atom. The third-order valence-electron chi connectivity index (χ3n) is 3.93. The average Bonchev–Trinajstić information content (AvgIpc) is 2.64. The number of nitro groups is 1. The summed E-state index contributed by atoms with van der Waals surface area (Å²) in [6, 6.07) is 13.9. The number of rotatable bonds is 5. The van der Waals surface area contributed by atoms with E-state index in [0.717, 1.165) is 11.8 Å². The van der Waals surface area contributed by atoms with E-state index in [-0.39, 0.29) is 10.6 Å². The summed E-state index contributed by atoms with van der Waals surface area (Å²) in [4.78, 5) is 14.4. The fourth-order valence-electron chi connectivity index (χ4n) is 2.41. The van der Waals surface area contributed by atoms with Gasteiger partial charge in [-0.15, -0.1) is 0 Å². The number of nitrogens with two attached hydrogens (primary N) is 1. The van der Waals surface area contributed by atoms with Crippen molar-refractivity contribution >= 4 is 27.1 Å². The number of hydrogen-bond donors (Lipinski definition) is 2. The Kier molecular flexibility index (Phi) is 4.78. The van der Waals surface area contributed by atoms with Gasteiger partial charge < -0.3 is 5.73 Å². The van der Waals surface area contributed by atoms with Crippen LogP contribution in [-0.2, 0) is 10.0 Å². The number of nitrogens with zero attached hydrogens (tertiary/aromatic N) is 2. The van der Waals surface area contributed by atoms with E-state index in [2.05, 4.69) is 9.71 Å². The van der Waals surface area contributed by atoms with Crippen molar-refractivity contribution in [2.75, 3.05) is 10.5 Å². The molecule has 3 N–H and O–H groups in total. The number of nitrogen functional groups attached to an aromatic ring is 1. The molecule has 0 aliphatic heterocycles. The molecule has 0 radical (unpaired) electrons. The standard InChI is InChI=1S/C18H16N4O4S/c1-12-2-3-13(17-9-6-15(11-20-17)22(23)24)10-18(12)21-27(25,26)16-7-4-14(19)5-8-16/h2-11,21H,19H2,1H3. The Morgan fingerprint density at radius 3 is 2.37 bits per heavy atom. The Bertz CT molecular complexity index is 1100. The fourth-order valence-corrected chi connectivity index (χ4v) is 3.53. The molecule has 0 unspecified atom stereocenters. The highest BCUT2D eigenvalue weighted by molar-refractivity contribution is 7.92. The maximum absolute atomic E-state index is 12.6. The van der Waals surface area contributed by atoms with Crippen molar-refractivity contribution in [1.82, 2.24) is 4.98 Å². The van der Waals surface area contributed by atoms with Crippen LogP contribution in [0.1, 0.15) is 5.56 Å². The van der Waals surface area contributed by atoms with E-state index in [0.29, 0.717) is 22.6 Å². The zero-order valence-corrected chi connectivity index (χ0v) is 15.1. The summed E-state index contributed by atoms with van der Waals surface area (Å²) < 4.78 is 27.7. The second-order valence-electron chi connectivity index (χ2n) is 5.86. The molecule has 9 heteroatoms. The van der Waals surface area contributed by atoms with Crippen LogP contribution in [0.3, 0.4) is 0 Å². The molecule has 2 aromatic carbocycles. The molecule has 0 saturated heterocycles. The number of anilines is 2. The zero-order valence-electron chi connectivity index (χ0n) is 14.3. The summed E-state index contributed by atoms with van der Waals surface area (Å²) in [6.07, 6.45) is 1.16. The van der Waals surface area contributed by atoms with E-state index in [4.69, 9.17) is 5.73 Å². The van der Waals surface area contributed by atoms with Crippen LogP contribution in [-0.4, -0.2) is 18.3 Å². The first-order valence-electron chi connectivity index (χ1n) is 7.86. The molecule has 138 valence electrons. The Hall–Kier alpha value is -3.46. The molecule has 0 spiro atoms. The van der Waals surface area contributed by atoms with Crippen LogP contribution in [0.5, 0.6) is 0 Å². The number of nitrogens with one attached hydrogen (secondary N) is 1. The lowest BCUT2D eigenvalue weighted by Gasteiger charge is -2.12. The molecule has 0 aliphatic carbocycles. The average molecular weight is 384 g/mol. The lowest BCUT2D eigenvalue weighted by molar-refractivity contribution is -0.385. The molecule has 3 rings (SSSR count). The van der Waals surface area contributed by atoms with Gasteiger partial charge in [-0.1, -0.05) is 12.1 Å². The van der Waals surface area contributed by atoms with Crippen molar-refractivity contribution in [3.05, 3.63) is 76.5 Å². The summed E-state index contributed by atoms with van der Waals surface area (Å²) >= 11 is 0. The number of sulfonamides is 1. The topological polar surface area (TPSA) is 128 Å². The number of aromatic nitrogens is 1. The van der Waals surface area contributed by atoms with Crippen LogP contribution in [0.15, 0.2) is 65.7 Å². The fraction of sp³-hybridized carbons (Fsp3) is 0.0556. The quantitative estimate of drug-likeness (QED) is 0.394. The molecule has 0 amide bonds. The maximum atomic E-state index is 12.6. The second kappa shape index (κ2) is 7.04. The van der Waals surface area contributed by atoms with Gasteiger partial charge in [-0.2, -0.15) is 0 Å². The highest BCUT2D eigenvalue weighted by atomic mass is 32.2. The predicted octanol–water partition coefficient (Wildman–Crippen LogP) is 3.35. The van der Waals surface area contributed by atoms with Gasteiger partial charge in [-0.05, 0) is 48.9 Å². The molecule has 0 aliphatic rings. The van der Waals surface area contributed by atoms with Crippen molar-refractivity contribution in [3.63, 3.8) is 0 Å². The molecular formula is C18H16N4O4S. The minimum atomic E-state index is -3.78. The van der Waals surface area contributed by atoms with E-state index in [1.165, 1.54) is 36.4 Å². The molecule has 8 nitrogen and oxygen atoms in total. The molecule has 0 saturated carbocycles. The third-order valence-corrected chi connectivity index (χ3v) is 5.31. The maximum Gasteiger partial charge on any atom is 0.287 e. The highest BCUT2D eigenvalue weighted by Crippen LogP contribution is 2.27. The van der Waals surface area contributed by atoms with Gasteiger partial charge in [-0.3, -0.25) is 14.8 Å². The molecule has 0 atom stereocenters. The van der Waals surface area contributed by atoms with Gasteiger partial charge in [0.25, 0.3) is 15.7 Å². The largest absolute Gasteiger partial charge is 0.399 e. The SMILES string of the molecule is Cc1ccc(-c2ccc([N+](=O)[O-])cn2)cc1NS(=O)(=O)c1ccc(N)cc1. The van der Waals surface area contributed by atoms with Crippen molar-refractivity contribution in [2.45, 2.75) is 11.8 Å². The number of pyridine rings is 1. The summed E-state index contributed by atoms with van der Waals surface area (Å²) in [7, 11) is -3.78. The van der Waals surface area contributed by atoms with Crippen molar-refractivity contribution in [3.8, 4) is 11.3 Å². The summed E-state index contributed by atoms with van der Waals surface area (Å²) in [5, 5.41) is 10.7. The summed E-state index contributed by atoms with van der Waals surface area (Å²) in [6.45, 7) is 1.77. The van der Waals surface area contributed by atoms with Crippen LogP contribution < -0.4 is 10.5 Å². The highest BCUT2D eigenvalue weighted by Gasteiger charge is 2.16. The van der Waals surface area contributed by atoms with Crippen LogP contribution in [0, 0.1) is 17.0 Å². The molecular weight excluding hydrogens is 368 g/mol. The van der Waals surface area contributed by atoms with Gasteiger partial charge in [0.2, 0.25) is 0 Å². The predicted molar refractivity (Wildman–Crippen MR) is 103 cm³/mol. The Labute approximate surface area is 155 Å². The van der Waals surface area contributed by atoms with E-state index in [1.807, 2.05) is 0 Å². The van der Waals surface area contributed by atoms with Gasteiger partial charge in [0.1, 0.15) is 6.20 Å². The molecule has 1 aromatic heterocycles. The van der Waals surface area contributed by atoms with Gasteiger partial charge >= 0.3 is 0 Å². The van der Waals surface area contributed by atoms with Crippen molar-refractivity contribution < 1.29 is 13.3 Å². The molecule has 1 heterocycles. The third kappa shape index (κ3) is 4.04. The zero-order chi connectivity index (χ0) is 19.6. The first-order chi connectivity index (χ1) is 12.8. The van der Waals surface area contributed by atoms with Crippen LogP contribution >= 0.6 is 0 Å². The normalized spacial score (nSPS) is 11.1.